The van der Waals surface area contributed by atoms with Crippen LogP contribution in [0.2, 0.25) is 5.02 Å². The van der Waals surface area contributed by atoms with E-state index >= 15 is 0 Å². The zero-order valence-electron chi connectivity index (χ0n) is 15.7. The first-order valence-corrected chi connectivity index (χ1v) is 9.69. The van der Waals surface area contributed by atoms with Crippen LogP contribution >= 0.6 is 11.6 Å². The minimum Gasteiger partial charge on any atom is -0.489 e. The van der Waals surface area contributed by atoms with Crippen molar-refractivity contribution in [2.24, 2.45) is 10.2 Å². The molecule has 0 aromatic heterocycles. The molecule has 0 saturated heterocycles. The quantitative estimate of drug-likeness (QED) is 0.303. The molecule has 0 bridgehead atoms. The van der Waals surface area contributed by atoms with Gasteiger partial charge in [-0.1, -0.05) is 66.2 Å². The molecule has 4 heteroatoms. The minimum absolute atomic E-state index is 0.512. The molecular formula is C25H19ClN2O. The van der Waals surface area contributed by atoms with Crippen molar-refractivity contribution in [3.8, 4) is 16.9 Å². The molecule has 4 aromatic carbocycles. The molecule has 0 unspecified atom stereocenters. The van der Waals surface area contributed by atoms with Crippen molar-refractivity contribution in [2.45, 2.75) is 6.61 Å². The maximum atomic E-state index is 5.91. The largest absolute Gasteiger partial charge is 0.489 e. The van der Waals surface area contributed by atoms with Crippen molar-refractivity contribution >= 4 is 23.0 Å². The molecule has 0 atom stereocenters. The number of ether oxygens (including phenoxy) is 1. The molecule has 0 saturated carbocycles. The molecule has 0 radical (unpaired) electrons. The number of hydrogen-bond donors (Lipinski definition) is 0. The molecule has 29 heavy (non-hydrogen) atoms. The van der Waals surface area contributed by atoms with Gasteiger partial charge in [0, 0.05) is 5.02 Å². The first-order chi connectivity index (χ1) is 14.3. The second-order valence-corrected chi connectivity index (χ2v) is 6.96. The zero-order chi connectivity index (χ0) is 19.9. The molecule has 0 fully saturated rings. The number of hydrogen-bond acceptors (Lipinski definition) is 3. The predicted molar refractivity (Wildman–Crippen MR) is 118 cm³/mol. The second kappa shape index (κ2) is 9.18. The van der Waals surface area contributed by atoms with Gasteiger partial charge in [0.1, 0.15) is 12.4 Å². The fourth-order valence-corrected chi connectivity index (χ4v) is 2.95. The average Bonchev–Trinajstić information content (AvgIpc) is 2.79. The molecule has 0 aliphatic rings. The highest BCUT2D eigenvalue weighted by atomic mass is 35.5. The minimum atomic E-state index is 0.512. The lowest BCUT2D eigenvalue weighted by Gasteiger charge is -2.08. The van der Waals surface area contributed by atoms with E-state index in [1.54, 1.807) is 0 Å². The van der Waals surface area contributed by atoms with Gasteiger partial charge in [-0.05, 0) is 65.2 Å². The van der Waals surface area contributed by atoms with Crippen LogP contribution in [0.3, 0.4) is 0 Å². The van der Waals surface area contributed by atoms with Crippen molar-refractivity contribution in [1.82, 2.24) is 0 Å². The molecule has 142 valence electrons. The maximum Gasteiger partial charge on any atom is 0.119 e. The fourth-order valence-electron chi connectivity index (χ4n) is 2.82. The lowest BCUT2D eigenvalue weighted by atomic mass is 10.1. The number of rotatable bonds is 6. The third-order valence-electron chi connectivity index (χ3n) is 4.41. The Balaban J connectivity index is 1.38. The van der Waals surface area contributed by atoms with E-state index in [2.05, 4.69) is 22.4 Å². The van der Waals surface area contributed by atoms with Gasteiger partial charge in [0.25, 0.3) is 0 Å². The lowest BCUT2D eigenvalue weighted by molar-refractivity contribution is 0.306. The monoisotopic (exact) mass is 398 g/mol. The van der Waals surface area contributed by atoms with E-state index in [0.29, 0.717) is 6.61 Å². The van der Waals surface area contributed by atoms with Gasteiger partial charge in [0.2, 0.25) is 0 Å². The topological polar surface area (TPSA) is 34.0 Å². The van der Waals surface area contributed by atoms with Crippen LogP contribution in [0, 0.1) is 0 Å². The van der Waals surface area contributed by atoms with Gasteiger partial charge in [-0.2, -0.15) is 10.2 Å². The van der Waals surface area contributed by atoms with Gasteiger partial charge in [-0.15, -0.1) is 0 Å². The Morgan fingerprint density at radius 1 is 0.586 bits per heavy atom. The summed E-state index contributed by atoms with van der Waals surface area (Å²) in [5.41, 5.74) is 4.98. The van der Waals surface area contributed by atoms with Crippen LogP contribution in [0.1, 0.15) is 5.56 Å². The van der Waals surface area contributed by atoms with E-state index in [1.807, 2.05) is 91.0 Å². The standard InChI is InChI=1S/C25H19ClN2O/c26-22-12-6-19(7-13-22)18-29-25-16-10-21(11-17-25)20-8-14-24(15-9-20)28-27-23-4-2-1-3-5-23/h1-17H,18H2. The third kappa shape index (κ3) is 5.31. The van der Waals surface area contributed by atoms with E-state index in [1.165, 1.54) is 0 Å². The predicted octanol–water partition coefficient (Wildman–Crippen LogP) is 8.00. The van der Waals surface area contributed by atoms with E-state index in [4.69, 9.17) is 16.3 Å². The smallest absolute Gasteiger partial charge is 0.119 e. The van der Waals surface area contributed by atoms with Crippen molar-refractivity contribution in [3.05, 3.63) is 114 Å². The Morgan fingerprint density at radius 3 is 1.76 bits per heavy atom. The summed E-state index contributed by atoms with van der Waals surface area (Å²) in [4.78, 5) is 0. The van der Waals surface area contributed by atoms with Crippen LogP contribution in [-0.2, 0) is 6.61 Å². The first kappa shape index (κ1) is 18.9. The van der Waals surface area contributed by atoms with Crippen molar-refractivity contribution < 1.29 is 4.74 Å². The normalized spacial score (nSPS) is 10.9. The number of benzene rings is 4. The molecular weight excluding hydrogens is 380 g/mol. The van der Waals surface area contributed by atoms with Gasteiger partial charge in [-0.3, -0.25) is 0 Å². The van der Waals surface area contributed by atoms with E-state index < -0.39 is 0 Å². The summed E-state index contributed by atoms with van der Waals surface area (Å²) < 4.78 is 5.85. The van der Waals surface area contributed by atoms with Crippen LogP contribution in [0.4, 0.5) is 11.4 Å². The molecule has 0 N–H and O–H groups in total. The highest BCUT2D eigenvalue weighted by molar-refractivity contribution is 6.30. The third-order valence-corrected chi connectivity index (χ3v) is 4.66. The Hall–Kier alpha value is -3.43. The fraction of sp³-hybridized carbons (Fsp3) is 0.0400. The molecule has 0 aliphatic heterocycles. The Bertz CT molecular complexity index is 1070. The SMILES string of the molecule is Clc1ccc(COc2ccc(-c3ccc(N=Nc4ccccc4)cc3)cc2)cc1. The highest BCUT2D eigenvalue weighted by Crippen LogP contribution is 2.26. The van der Waals surface area contributed by atoms with E-state index in [0.717, 1.165) is 38.8 Å². The summed E-state index contributed by atoms with van der Waals surface area (Å²) in [6, 6.07) is 33.5. The number of azo groups is 1. The summed E-state index contributed by atoms with van der Waals surface area (Å²) in [7, 11) is 0. The van der Waals surface area contributed by atoms with E-state index in [9.17, 15) is 0 Å². The highest BCUT2D eigenvalue weighted by Gasteiger charge is 2.01. The molecule has 0 spiro atoms. The summed E-state index contributed by atoms with van der Waals surface area (Å²) in [5.74, 6) is 0.831. The van der Waals surface area contributed by atoms with Crippen molar-refractivity contribution in [1.29, 1.82) is 0 Å². The van der Waals surface area contributed by atoms with E-state index in [-0.39, 0.29) is 0 Å². The molecule has 4 aromatic rings. The molecule has 4 rings (SSSR count). The Morgan fingerprint density at radius 2 is 1.14 bits per heavy atom. The molecule has 0 heterocycles. The van der Waals surface area contributed by atoms with Gasteiger partial charge in [0.05, 0.1) is 11.4 Å². The Labute approximate surface area is 175 Å². The van der Waals surface area contributed by atoms with Crippen LogP contribution in [-0.4, -0.2) is 0 Å². The summed E-state index contributed by atoms with van der Waals surface area (Å²) >= 11 is 5.91. The van der Waals surface area contributed by atoms with Crippen LogP contribution in [0.5, 0.6) is 5.75 Å². The molecule has 0 amide bonds. The van der Waals surface area contributed by atoms with Crippen molar-refractivity contribution in [2.75, 3.05) is 0 Å². The lowest BCUT2D eigenvalue weighted by Crippen LogP contribution is -1.94. The van der Waals surface area contributed by atoms with Gasteiger partial charge in [0.15, 0.2) is 0 Å². The molecule has 3 nitrogen and oxygen atoms in total. The Kier molecular flexibility index (Phi) is 5.98. The maximum absolute atomic E-state index is 5.91. The van der Waals surface area contributed by atoms with Gasteiger partial charge < -0.3 is 4.74 Å². The summed E-state index contributed by atoms with van der Waals surface area (Å²) in [6.45, 7) is 0.512. The van der Waals surface area contributed by atoms with Gasteiger partial charge >= 0.3 is 0 Å². The van der Waals surface area contributed by atoms with Crippen molar-refractivity contribution in [3.63, 3.8) is 0 Å². The average molecular weight is 399 g/mol. The summed E-state index contributed by atoms with van der Waals surface area (Å²) in [5, 5.41) is 9.25. The second-order valence-electron chi connectivity index (χ2n) is 6.52. The number of halogens is 1. The zero-order valence-corrected chi connectivity index (χ0v) is 16.5. The number of nitrogens with zero attached hydrogens (tertiary/aromatic N) is 2. The molecule has 0 aliphatic carbocycles. The van der Waals surface area contributed by atoms with Crippen LogP contribution in [0.15, 0.2) is 113 Å². The van der Waals surface area contributed by atoms with Gasteiger partial charge in [-0.25, -0.2) is 0 Å². The summed E-state index contributed by atoms with van der Waals surface area (Å²) in [6.07, 6.45) is 0. The first-order valence-electron chi connectivity index (χ1n) is 9.31. The van der Waals surface area contributed by atoms with Crippen LogP contribution in [0.25, 0.3) is 11.1 Å². The van der Waals surface area contributed by atoms with Crippen LogP contribution < -0.4 is 4.74 Å².